The van der Waals surface area contributed by atoms with Crippen molar-refractivity contribution in [3.8, 4) is 0 Å². The number of hydrogen-bond donors (Lipinski definition) is 1. The van der Waals surface area contributed by atoms with Crippen molar-refractivity contribution in [1.82, 2.24) is 10.2 Å². The second kappa shape index (κ2) is 8.59. The lowest BCUT2D eigenvalue weighted by molar-refractivity contribution is -0.138. The van der Waals surface area contributed by atoms with Crippen molar-refractivity contribution >= 4 is 24.1 Å². The van der Waals surface area contributed by atoms with E-state index < -0.39 is 0 Å². The number of carbonyl (C=O) groups excluding carboxylic acids is 2. The zero-order chi connectivity index (χ0) is 14.3. The molecule has 0 spiro atoms. The van der Waals surface area contributed by atoms with Crippen LogP contribution < -0.4 is 5.32 Å². The van der Waals surface area contributed by atoms with Crippen LogP contribution in [-0.4, -0.2) is 48.4 Å². The molecule has 5 heteroatoms. The van der Waals surface area contributed by atoms with Crippen molar-refractivity contribution in [3.63, 3.8) is 0 Å². The first-order valence-electron chi connectivity index (χ1n) is 7.12. The average molecular weight is 286 g/mol. The summed E-state index contributed by atoms with van der Waals surface area (Å²) in [5.41, 5.74) is 0. The Balaban J connectivity index is 2.48. The van der Waals surface area contributed by atoms with Gasteiger partial charge in [-0.1, -0.05) is 6.92 Å². The van der Waals surface area contributed by atoms with Gasteiger partial charge in [0, 0.05) is 12.6 Å². The van der Waals surface area contributed by atoms with Crippen LogP contribution in [0.2, 0.25) is 0 Å². The number of amides is 2. The summed E-state index contributed by atoms with van der Waals surface area (Å²) in [6, 6.07) is 0.603. The predicted molar refractivity (Wildman–Crippen MR) is 80.2 cm³/mol. The molecule has 19 heavy (non-hydrogen) atoms. The highest BCUT2D eigenvalue weighted by Gasteiger charge is 2.27. The first-order chi connectivity index (χ1) is 9.15. The van der Waals surface area contributed by atoms with Crippen molar-refractivity contribution in [2.24, 2.45) is 5.92 Å². The Kier molecular flexibility index (Phi) is 7.46. The average Bonchev–Trinajstić information content (AvgIpc) is 2.46. The maximum absolute atomic E-state index is 12.2. The van der Waals surface area contributed by atoms with E-state index in [-0.39, 0.29) is 11.2 Å². The van der Waals surface area contributed by atoms with E-state index in [1.54, 1.807) is 0 Å². The normalized spacial score (nSPS) is 24.8. The zero-order valence-electron chi connectivity index (χ0n) is 12.2. The van der Waals surface area contributed by atoms with Gasteiger partial charge in [-0.3, -0.25) is 14.5 Å². The number of thioether (sulfide) groups is 1. The van der Waals surface area contributed by atoms with Gasteiger partial charge in [0.05, 0.1) is 5.25 Å². The summed E-state index contributed by atoms with van der Waals surface area (Å²) in [5.74, 6) is 0.443. The maximum Gasteiger partial charge on any atom is 0.242 e. The quantitative estimate of drug-likeness (QED) is 0.726. The summed E-state index contributed by atoms with van der Waals surface area (Å²) < 4.78 is 0. The molecule has 110 valence electrons. The predicted octanol–water partition coefficient (Wildman–Crippen LogP) is 1.89. The topological polar surface area (TPSA) is 49.4 Å². The monoisotopic (exact) mass is 286 g/mol. The molecule has 1 N–H and O–H groups in total. The van der Waals surface area contributed by atoms with E-state index in [0.717, 1.165) is 32.1 Å². The maximum atomic E-state index is 12.2. The highest BCUT2D eigenvalue weighted by molar-refractivity contribution is 7.99. The van der Waals surface area contributed by atoms with E-state index >= 15 is 0 Å². The molecule has 1 aliphatic carbocycles. The summed E-state index contributed by atoms with van der Waals surface area (Å²) in [6.45, 7) is 2.58. The Bertz CT molecular complexity index is 287. The highest BCUT2D eigenvalue weighted by atomic mass is 32.2. The van der Waals surface area contributed by atoms with E-state index in [1.807, 2.05) is 20.2 Å². The molecular formula is C14H26N2O2S. The fraction of sp³-hybridized carbons (Fsp3) is 0.857. The molecule has 0 radical (unpaired) electrons. The van der Waals surface area contributed by atoms with Crippen LogP contribution in [0.25, 0.3) is 0 Å². The van der Waals surface area contributed by atoms with Crippen LogP contribution in [0.1, 0.15) is 39.0 Å². The minimum Gasteiger partial charge on any atom is -0.317 e. The summed E-state index contributed by atoms with van der Waals surface area (Å²) in [6.07, 6.45) is 7.89. The van der Waals surface area contributed by atoms with Gasteiger partial charge in [0.15, 0.2) is 0 Å². The van der Waals surface area contributed by atoms with Gasteiger partial charge in [0.1, 0.15) is 0 Å². The first-order valence-corrected chi connectivity index (χ1v) is 8.40. The Morgan fingerprint density at radius 1 is 1.42 bits per heavy atom. The first kappa shape index (κ1) is 16.5. The molecular weight excluding hydrogens is 260 g/mol. The van der Waals surface area contributed by atoms with Crippen LogP contribution >= 0.6 is 11.8 Å². The van der Waals surface area contributed by atoms with E-state index in [0.29, 0.717) is 24.9 Å². The Morgan fingerprint density at radius 3 is 2.47 bits per heavy atom. The lowest BCUT2D eigenvalue weighted by Crippen LogP contribution is -2.41. The molecule has 1 rings (SSSR count). The molecule has 0 aromatic carbocycles. The summed E-state index contributed by atoms with van der Waals surface area (Å²) in [5, 5.41) is 3.21. The van der Waals surface area contributed by atoms with Crippen LogP contribution in [0.5, 0.6) is 0 Å². The number of hydrogen-bond acceptors (Lipinski definition) is 4. The fourth-order valence-corrected chi connectivity index (χ4v) is 3.39. The zero-order valence-corrected chi connectivity index (χ0v) is 13.0. The minimum absolute atomic E-state index is 0.0271. The van der Waals surface area contributed by atoms with E-state index in [4.69, 9.17) is 0 Å². The van der Waals surface area contributed by atoms with Gasteiger partial charge < -0.3 is 5.32 Å². The van der Waals surface area contributed by atoms with Crippen molar-refractivity contribution in [1.29, 1.82) is 0 Å². The summed E-state index contributed by atoms with van der Waals surface area (Å²) in [7, 11) is 2.00. The minimum atomic E-state index is -0.0844. The molecule has 0 aromatic rings. The van der Waals surface area contributed by atoms with Crippen LogP contribution in [0.3, 0.4) is 0 Å². The van der Waals surface area contributed by atoms with Crippen molar-refractivity contribution in [3.05, 3.63) is 0 Å². The van der Waals surface area contributed by atoms with Gasteiger partial charge in [-0.25, -0.2) is 0 Å². The van der Waals surface area contributed by atoms with Crippen molar-refractivity contribution in [2.75, 3.05) is 19.8 Å². The summed E-state index contributed by atoms with van der Waals surface area (Å²) in [4.78, 5) is 24.8. The van der Waals surface area contributed by atoms with Crippen LogP contribution in [0, 0.1) is 5.92 Å². The third-order valence-corrected chi connectivity index (χ3v) is 5.15. The molecule has 4 nitrogen and oxygen atoms in total. The molecule has 1 fully saturated rings. The number of rotatable bonds is 7. The largest absolute Gasteiger partial charge is 0.317 e. The van der Waals surface area contributed by atoms with E-state index in [2.05, 4.69) is 5.32 Å². The fourth-order valence-electron chi connectivity index (χ4n) is 2.72. The second-order valence-electron chi connectivity index (χ2n) is 5.23. The van der Waals surface area contributed by atoms with Crippen molar-refractivity contribution < 1.29 is 9.59 Å². The number of carbonyl (C=O) groups is 2. The standard InChI is InChI=1S/C14H26N2O2S/c1-4-13(19-3)14(18)16(10-17)9-11-5-7-12(15-2)8-6-11/h10-13,15H,4-9H2,1-3H3. The SMILES string of the molecule is CCC(SC)C(=O)N(C=O)CC1CCC(NC)CC1. The smallest absolute Gasteiger partial charge is 0.242 e. The summed E-state index contributed by atoms with van der Waals surface area (Å²) >= 11 is 1.53. The van der Waals surface area contributed by atoms with Gasteiger partial charge in [-0.05, 0) is 51.3 Å². The molecule has 0 bridgehead atoms. The van der Waals surface area contributed by atoms with E-state index in [1.165, 1.54) is 16.7 Å². The molecule has 1 atom stereocenters. The van der Waals surface area contributed by atoms with Gasteiger partial charge >= 0.3 is 0 Å². The van der Waals surface area contributed by atoms with Crippen LogP contribution in [0.15, 0.2) is 0 Å². The van der Waals surface area contributed by atoms with Gasteiger partial charge in [-0.15, -0.1) is 0 Å². The van der Waals surface area contributed by atoms with Gasteiger partial charge in [0.2, 0.25) is 12.3 Å². The third kappa shape index (κ3) is 4.80. The Morgan fingerprint density at radius 2 is 2.05 bits per heavy atom. The molecule has 1 aliphatic rings. The van der Waals surface area contributed by atoms with Crippen LogP contribution in [-0.2, 0) is 9.59 Å². The second-order valence-corrected chi connectivity index (χ2v) is 6.28. The molecule has 2 amide bonds. The van der Waals surface area contributed by atoms with E-state index in [9.17, 15) is 9.59 Å². The molecule has 1 saturated carbocycles. The lowest BCUT2D eigenvalue weighted by atomic mass is 9.86. The third-order valence-electron chi connectivity index (χ3n) is 4.05. The van der Waals surface area contributed by atoms with Crippen LogP contribution in [0.4, 0.5) is 0 Å². The molecule has 1 unspecified atom stereocenters. The Labute approximate surface area is 120 Å². The number of nitrogens with one attached hydrogen (secondary N) is 1. The number of imide groups is 1. The molecule has 0 aromatic heterocycles. The lowest BCUT2D eigenvalue weighted by Gasteiger charge is -2.31. The molecule has 0 aliphatic heterocycles. The van der Waals surface area contributed by atoms with Gasteiger partial charge in [-0.2, -0.15) is 11.8 Å². The molecule has 0 heterocycles. The Hall–Kier alpha value is -0.550. The highest BCUT2D eigenvalue weighted by Crippen LogP contribution is 2.25. The molecule has 0 saturated heterocycles. The number of nitrogens with zero attached hydrogens (tertiary/aromatic N) is 1. The van der Waals surface area contributed by atoms with Crippen molar-refractivity contribution in [2.45, 2.75) is 50.3 Å². The van der Waals surface area contributed by atoms with Gasteiger partial charge in [0.25, 0.3) is 0 Å².